The summed E-state index contributed by atoms with van der Waals surface area (Å²) in [6, 6.07) is 0.0956. The smallest absolute Gasteiger partial charge is 0.309 e. The molecule has 11 nitrogen and oxygen atoms in total. The van der Waals surface area contributed by atoms with Gasteiger partial charge in [-0.25, -0.2) is 0 Å². The van der Waals surface area contributed by atoms with E-state index in [0.29, 0.717) is 30.6 Å². The van der Waals surface area contributed by atoms with Crippen molar-refractivity contribution in [3.63, 3.8) is 0 Å². The third-order valence-corrected chi connectivity index (χ3v) is 9.24. The molecule has 4 bridgehead atoms. The van der Waals surface area contributed by atoms with Crippen LogP contribution in [0.4, 0.5) is 0 Å². The van der Waals surface area contributed by atoms with Crippen molar-refractivity contribution in [2.45, 2.75) is 88.2 Å². The molecule has 7 aliphatic rings. The van der Waals surface area contributed by atoms with Gasteiger partial charge in [0.15, 0.2) is 0 Å². The molecular formula is C25H41N3O8S. The van der Waals surface area contributed by atoms with Gasteiger partial charge in [-0.3, -0.25) is 14.1 Å². The van der Waals surface area contributed by atoms with E-state index in [9.17, 15) is 18.0 Å². The van der Waals surface area contributed by atoms with Crippen LogP contribution in [0.5, 0.6) is 0 Å². The Hall–Kier alpha value is -1.31. The summed E-state index contributed by atoms with van der Waals surface area (Å²) in [6.45, 7) is 2.29. The largest absolute Gasteiger partial charge is 0.348 e. The molecule has 0 aromatic carbocycles. The average Bonchev–Trinajstić information content (AvgIpc) is 3.21. The van der Waals surface area contributed by atoms with Gasteiger partial charge in [0.1, 0.15) is 0 Å². The first kappa shape index (κ1) is 27.3. The van der Waals surface area contributed by atoms with Gasteiger partial charge in [-0.1, -0.05) is 0 Å². The number of carbonyl (C=O) groups is 2. The Bertz CT molecular complexity index is 923. The zero-order valence-corrected chi connectivity index (χ0v) is 22.4. The summed E-state index contributed by atoms with van der Waals surface area (Å²) >= 11 is 0. The van der Waals surface area contributed by atoms with Crippen LogP contribution in [0.3, 0.4) is 0 Å². The quantitative estimate of drug-likeness (QED) is 0.236. The fraction of sp³-hybridized carbons (Fsp3) is 0.920. The van der Waals surface area contributed by atoms with Crippen molar-refractivity contribution >= 4 is 21.9 Å². The van der Waals surface area contributed by atoms with Gasteiger partial charge < -0.3 is 20.7 Å². The molecule has 5 aliphatic carbocycles. The van der Waals surface area contributed by atoms with E-state index in [2.05, 4.69) is 16.0 Å². The van der Waals surface area contributed by atoms with Crippen LogP contribution in [-0.4, -0.2) is 68.3 Å². The lowest BCUT2D eigenvalue weighted by Gasteiger charge is -2.57. The average molecular weight is 544 g/mol. The maximum Gasteiger partial charge on any atom is 0.309 e. The molecule has 2 saturated heterocycles. The third-order valence-electron chi connectivity index (χ3n) is 9.24. The van der Waals surface area contributed by atoms with E-state index < -0.39 is 33.5 Å². The van der Waals surface area contributed by atoms with Crippen molar-refractivity contribution in [3.05, 3.63) is 0 Å². The lowest BCUT2D eigenvalue weighted by molar-refractivity contribution is -0.390. The highest BCUT2D eigenvalue weighted by Crippen LogP contribution is 2.63. The van der Waals surface area contributed by atoms with Crippen molar-refractivity contribution in [2.24, 2.45) is 29.6 Å². The third kappa shape index (κ3) is 6.30. The van der Waals surface area contributed by atoms with Crippen LogP contribution in [0.15, 0.2) is 0 Å². The molecule has 0 unspecified atom stereocenters. The van der Waals surface area contributed by atoms with Crippen LogP contribution in [-0.2, 0) is 34.2 Å². The Balaban J connectivity index is 0.000000514. The molecule has 0 aromatic heterocycles. The molecule has 0 radical (unpaired) electrons. The number of rotatable bonds is 3. The summed E-state index contributed by atoms with van der Waals surface area (Å²) < 4.78 is 32.6. The number of hydrogen-bond acceptors (Lipinski definition) is 8. The highest BCUT2D eigenvalue weighted by Gasteiger charge is 2.66. The van der Waals surface area contributed by atoms with Gasteiger partial charge in [0.05, 0.1) is 6.26 Å². The van der Waals surface area contributed by atoms with Crippen molar-refractivity contribution in [3.8, 4) is 0 Å². The standard InChI is InChI=1S/C24H37N3O5.CH4O3S/c28-21(22(29)27-20-3-7-25-8-4-20)26-14-15-1-5-23(6-2-15)30-24(32-31-23)18-10-16-9-17(12-18)13-19(24)11-16;1-5(2,3)4/h15-20,25H,1-14H2,(H,26,28)(H,27,29);1H3,(H,2,3,4). The molecule has 5 saturated carbocycles. The molecule has 2 spiro atoms. The minimum Gasteiger partial charge on any atom is -0.348 e. The molecular weight excluding hydrogens is 502 g/mol. The van der Waals surface area contributed by atoms with Crippen molar-refractivity contribution in [1.82, 2.24) is 16.0 Å². The van der Waals surface area contributed by atoms with Gasteiger partial charge in [-0.2, -0.15) is 18.2 Å². The van der Waals surface area contributed by atoms with Gasteiger partial charge in [0.2, 0.25) is 11.6 Å². The van der Waals surface area contributed by atoms with E-state index in [4.69, 9.17) is 19.1 Å². The first-order chi connectivity index (χ1) is 17.5. The molecule has 0 atom stereocenters. The number of amides is 2. The van der Waals surface area contributed by atoms with E-state index in [-0.39, 0.29) is 6.04 Å². The fourth-order valence-electron chi connectivity index (χ4n) is 7.65. The number of ether oxygens (including phenoxy) is 1. The second-order valence-corrected chi connectivity index (χ2v) is 13.6. The molecule has 12 heteroatoms. The summed E-state index contributed by atoms with van der Waals surface area (Å²) in [5.41, 5.74) is 0. The molecule has 37 heavy (non-hydrogen) atoms. The Labute approximate surface area is 218 Å². The van der Waals surface area contributed by atoms with Gasteiger partial charge in [0.25, 0.3) is 10.1 Å². The molecule has 2 amide bonds. The summed E-state index contributed by atoms with van der Waals surface area (Å²) in [5.74, 6) is 0.845. The maximum atomic E-state index is 12.2. The van der Waals surface area contributed by atoms with E-state index in [1.807, 2.05) is 0 Å². The van der Waals surface area contributed by atoms with Crippen LogP contribution in [0.1, 0.15) is 70.6 Å². The minimum atomic E-state index is -3.67. The lowest BCUT2D eigenvalue weighted by atomic mass is 9.53. The molecule has 4 N–H and O–H groups in total. The monoisotopic (exact) mass is 543 g/mol. The molecule has 2 heterocycles. The van der Waals surface area contributed by atoms with Gasteiger partial charge >= 0.3 is 11.8 Å². The topological polar surface area (TPSA) is 152 Å². The summed E-state index contributed by atoms with van der Waals surface area (Å²) in [6.07, 6.45) is 12.1. The zero-order valence-electron chi connectivity index (χ0n) is 21.6. The predicted octanol–water partition coefficient (Wildman–Crippen LogP) is 1.49. The number of carbonyl (C=O) groups excluding carboxylic acids is 2. The number of hydrogen-bond donors (Lipinski definition) is 4. The highest BCUT2D eigenvalue weighted by atomic mass is 32.2. The molecule has 0 aromatic rings. The Morgan fingerprint density at radius 2 is 1.49 bits per heavy atom. The van der Waals surface area contributed by atoms with Crippen LogP contribution < -0.4 is 16.0 Å². The zero-order chi connectivity index (χ0) is 26.3. The first-order valence-corrected chi connectivity index (χ1v) is 15.7. The summed E-state index contributed by atoms with van der Waals surface area (Å²) in [4.78, 5) is 36.5. The highest BCUT2D eigenvalue weighted by molar-refractivity contribution is 7.85. The summed E-state index contributed by atoms with van der Waals surface area (Å²) in [7, 11) is -3.67. The van der Waals surface area contributed by atoms with E-state index in [1.54, 1.807) is 0 Å². The summed E-state index contributed by atoms with van der Waals surface area (Å²) in [5, 5.41) is 8.96. The maximum absolute atomic E-state index is 12.2. The second-order valence-electron chi connectivity index (χ2n) is 12.1. The van der Waals surface area contributed by atoms with Crippen LogP contribution in [0.25, 0.3) is 0 Å². The van der Waals surface area contributed by atoms with Gasteiger partial charge in [0, 0.05) is 37.3 Å². The molecule has 2 aliphatic heterocycles. The SMILES string of the molecule is CS(=O)(=O)O.O=C(NCC1CCC2(CC1)OOC1(O2)C2CC3CC(C2)CC1C3)C(=O)NC1CCNCC1. The molecule has 7 rings (SSSR count). The Morgan fingerprint density at radius 1 is 0.919 bits per heavy atom. The van der Waals surface area contributed by atoms with Gasteiger partial charge in [-0.15, -0.1) is 0 Å². The van der Waals surface area contributed by atoms with E-state index in [1.165, 1.54) is 32.1 Å². The Kier molecular flexibility index (Phi) is 7.88. The predicted molar refractivity (Wildman–Crippen MR) is 132 cm³/mol. The Morgan fingerprint density at radius 3 is 2.05 bits per heavy atom. The second kappa shape index (κ2) is 10.7. The number of nitrogens with one attached hydrogen (secondary N) is 3. The molecule has 210 valence electrons. The van der Waals surface area contributed by atoms with Crippen molar-refractivity contribution in [1.29, 1.82) is 0 Å². The van der Waals surface area contributed by atoms with Crippen LogP contribution in [0, 0.1) is 29.6 Å². The molecule has 7 fully saturated rings. The van der Waals surface area contributed by atoms with E-state index in [0.717, 1.165) is 63.5 Å². The van der Waals surface area contributed by atoms with Gasteiger partial charge in [-0.05, 0) is 88.6 Å². The normalized spacial score (nSPS) is 40.9. The van der Waals surface area contributed by atoms with E-state index >= 15 is 0 Å². The fourth-order valence-corrected chi connectivity index (χ4v) is 7.65. The van der Waals surface area contributed by atoms with Crippen molar-refractivity contribution in [2.75, 3.05) is 25.9 Å². The van der Waals surface area contributed by atoms with Crippen LogP contribution in [0.2, 0.25) is 0 Å². The first-order valence-electron chi connectivity index (χ1n) is 13.8. The van der Waals surface area contributed by atoms with Crippen molar-refractivity contribution < 1.29 is 37.1 Å². The lowest BCUT2D eigenvalue weighted by Crippen LogP contribution is -2.59. The minimum absolute atomic E-state index is 0.0956. The number of piperidine rings is 1. The van der Waals surface area contributed by atoms with Crippen LogP contribution >= 0.6 is 0 Å².